The maximum absolute atomic E-state index is 10.7. The van der Waals surface area contributed by atoms with Crippen LogP contribution in [0.3, 0.4) is 0 Å². The molecule has 0 aromatic carbocycles. The summed E-state index contributed by atoms with van der Waals surface area (Å²) in [6, 6.07) is -0.433. The number of rotatable bonds is 2. The van der Waals surface area contributed by atoms with Crippen molar-refractivity contribution >= 4 is 11.8 Å². The van der Waals surface area contributed by atoms with Crippen molar-refractivity contribution < 1.29 is 14.7 Å². The minimum atomic E-state index is -1.33. The molecular formula is C6H9NO3. The lowest BCUT2D eigenvalue weighted by atomic mass is 10.1. The Morgan fingerprint density at radius 3 is 2.60 bits per heavy atom. The zero-order chi connectivity index (χ0) is 7.56. The van der Waals surface area contributed by atoms with Gasteiger partial charge in [-0.05, 0) is 19.4 Å². The highest BCUT2D eigenvalue weighted by molar-refractivity contribution is 6.34. The van der Waals surface area contributed by atoms with E-state index in [2.05, 4.69) is 5.32 Å². The second-order valence-corrected chi connectivity index (χ2v) is 2.32. The zero-order valence-electron chi connectivity index (χ0n) is 5.46. The molecule has 0 radical (unpaired) electrons. The van der Waals surface area contributed by atoms with Crippen molar-refractivity contribution in [2.45, 2.75) is 18.9 Å². The van der Waals surface area contributed by atoms with Crippen molar-refractivity contribution in [2.75, 3.05) is 6.54 Å². The first-order valence-electron chi connectivity index (χ1n) is 3.22. The van der Waals surface area contributed by atoms with Crippen LogP contribution in [0.15, 0.2) is 0 Å². The molecule has 0 amide bonds. The molecule has 0 aromatic rings. The molecule has 1 heterocycles. The summed E-state index contributed by atoms with van der Waals surface area (Å²) in [7, 11) is 0. The average Bonchev–Trinajstić information content (AvgIpc) is 2.36. The van der Waals surface area contributed by atoms with Gasteiger partial charge >= 0.3 is 5.97 Å². The molecule has 56 valence electrons. The van der Waals surface area contributed by atoms with Crippen LogP contribution < -0.4 is 5.32 Å². The van der Waals surface area contributed by atoms with Gasteiger partial charge in [0.05, 0.1) is 6.04 Å². The van der Waals surface area contributed by atoms with E-state index >= 15 is 0 Å². The molecule has 1 atom stereocenters. The third-order valence-electron chi connectivity index (χ3n) is 1.59. The smallest absolute Gasteiger partial charge is 0.373 e. The van der Waals surface area contributed by atoms with Crippen LogP contribution in [-0.2, 0) is 9.59 Å². The topological polar surface area (TPSA) is 66.4 Å². The summed E-state index contributed by atoms with van der Waals surface area (Å²) in [6.07, 6.45) is 1.55. The molecule has 1 unspecified atom stereocenters. The number of carboxylic acids is 1. The van der Waals surface area contributed by atoms with E-state index in [0.29, 0.717) is 6.42 Å². The van der Waals surface area contributed by atoms with Crippen LogP contribution in [0.5, 0.6) is 0 Å². The van der Waals surface area contributed by atoms with Crippen LogP contribution in [0.1, 0.15) is 12.8 Å². The van der Waals surface area contributed by atoms with Gasteiger partial charge in [0, 0.05) is 0 Å². The number of carboxylic acid groups (broad SMARTS) is 1. The molecule has 0 spiro atoms. The Bertz CT molecular complexity index is 160. The van der Waals surface area contributed by atoms with E-state index in [-0.39, 0.29) is 0 Å². The molecule has 4 heteroatoms. The van der Waals surface area contributed by atoms with Gasteiger partial charge in [0.15, 0.2) is 0 Å². The fraction of sp³-hybridized carbons (Fsp3) is 0.667. The van der Waals surface area contributed by atoms with E-state index < -0.39 is 17.8 Å². The Morgan fingerprint density at radius 1 is 1.50 bits per heavy atom. The van der Waals surface area contributed by atoms with Crippen molar-refractivity contribution in [3.05, 3.63) is 0 Å². The number of nitrogens with one attached hydrogen (secondary N) is 1. The van der Waals surface area contributed by atoms with Crippen molar-refractivity contribution in [1.82, 2.24) is 5.32 Å². The van der Waals surface area contributed by atoms with E-state index in [4.69, 9.17) is 5.11 Å². The summed E-state index contributed by atoms with van der Waals surface area (Å²) < 4.78 is 0. The monoisotopic (exact) mass is 143 g/mol. The van der Waals surface area contributed by atoms with Gasteiger partial charge < -0.3 is 10.4 Å². The van der Waals surface area contributed by atoms with Crippen LogP contribution in [0.4, 0.5) is 0 Å². The molecule has 0 aromatic heterocycles. The van der Waals surface area contributed by atoms with Crippen molar-refractivity contribution in [2.24, 2.45) is 0 Å². The predicted molar refractivity (Wildman–Crippen MR) is 33.7 cm³/mol. The predicted octanol–water partition coefficient (Wildman–Crippen LogP) is -0.608. The molecule has 1 fully saturated rings. The summed E-state index contributed by atoms with van der Waals surface area (Å²) >= 11 is 0. The van der Waals surface area contributed by atoms with Gasteiger partial charge in [0.1, 0.15) is 0 Å². The summed E-state index contributed by atoms with van der Waals surface area (Å²) in [5.41, 5.74) is 0. The van der Waals surface area contributed by atoms with E-state index in [1.807, 2.05) is 0 Å². The number of aliphatic carboxylic acids is 1. The summed E-state index contributed by atoms with van der Waals surface area (Å²) in [6.45, 7) is 0.754. The van der Waals surface area contributed by atoms with E-state index in [1.54, 1.807) is 0 Å². The minimum Gasteiger partial charge on any atom is -0.475 e. The molecule has 1 rings (SSSR count). The zero-order valence-corrected chi connectivity index (χ0v) is 5.46. The van der Waals surface area contributed by atoms with Crippen LogP contribution in [0.2, 0.25) is 0 Å². The normalized spacial score (nSPS) is 24.6. The first kappa shape index (κ1) is 7.21. The molecule has 0 saturated carbocycles. The average molecular weight is 143 g/mol. The maximum atomic E-state index is 10.7. The maximum Gasteiger partial charge on any atom is 0.373 e. The van der Waals surface area contributed by atoms with Gasteiger partial charge in [-0.15, -0.1) is 0 Å². The second kappa shape index (κ2) is 2.79. The van der Waals surface area contributed by atoms with Gasteiger partial charge in [0.2, 0.25) is 0 Å². The van der Waals surface area contributed by atoms with E-state index in [1.165, 1.54) is 0 Å². The quantitative estimate of drug-likeness (QED) is 0.506. The molecule has 2 N–H and O–H groups in total. The first-order valence-corrected chi connectivity index (χ1v) is 3.22. The van der Waals surface area contributed by atoms with Crippen LogP contribution >= 0.6 is 0 Å². The lowest BCUT2D eigenvalue weighted by molar-refractivity contribution is -0.149. The van der Waals surface area contributed by atoms with Gasteiger partial charge in [-0.2, -0.15) is 0 Å². The highest BCUT2D eigenvalue weighted by Gasteiger charge is 2.26. The summed E-state index contributed by atoms with van der Waals surface area (Å²) in [4.78, 5) is 20.8. The molecule has 4 nitrogen and oxygen atoms in total. The summed E-state index contributed by atoms with van der Waals surface area (Å²) in [5.74, 6) is -2.04. The number of carbonyl (C=O) groups is 2. The number of ketones is 1. The molecule has 10 heavy (non-hydrogen) atoms. The Hall–Kier alpha value is -0.900. The Morgan fingerprint density at radius 2 is 2.20 bits per heavy atom. The molecule has 0 aliphatic carbocycles. The number of carbonyl (C=O) groups excluding carboxylic acids is 1. The second-order valence-electron chi connectivity index (χ2n) is 2.32. The largest absolute Gasteiger partial charge is 0.475 e. The molecule has 1 aliphatic rings. The third-order valence-corrected chi connectivity index (χ3v) is 1.59. The minimum absolute atomic E-state index is 0.433. The first-order chi connectivity index (χ1) is 4.72. The third kappa shape index (κ3) is 1.33. The number of hydrogen-bond acceptors (Lipinski definition) is 3. The van der Waals surface area contributed by atoms with Crippen molar-refractivity contribution in [1.29, 1.82) is 0 Å². The van der Waals surface area contributed by atoms with E-state index in [9.17, 15) is 9.59 Å². The number of Topliss-reactive ketones (excluding diaryl/α,β-unsaturated/α-hetero) is 1. The Kier molecular flexibility index (Phi) is 2.01. The molecule has 1 aliphatic heterocycles. The van der Waals surface area contributed by atoms with Crippen molar-refractivity contribution in [3.63, 3.8) is 0 Å². The highest BCUT2D eigenvalue weighted by atomic mass is 16.4. The van der Waals surface area contributed by atoms with Gasteiger partial charge in [0.25, 0.3) is 5.78 Å². The fourth-order valence-corrected chi connectivity index (χ4v) is 1.06. The van der Waals surface area contributed by atoms with Gasteiger partial charge in [-0.1, -0.05) is 0 Å². The lowest BCUT2D eigenvalue weighted by Gasteiger charge is -2.02. The van der Waals surface area contributed by atoms with Gasteiger partial charge in [-0.3, -0.25) is 4.79 Å². The molecule has 1 saturated heterocycles. The van der Waals surface area contributed by atoms with Crippen LogP contribution in [0.25, 0.3) is 0 Å². The Balaban J connectivity index is 2.48. The molecular weight excluding hydrogens is 134 g/mol. The van der Waals surface area contributed by atoms with Gasteiger partial charge in [-0.25, -0.2) is 4.79 Å². The fourth-order valence-electron chi connectivity index (χ4n) is 1.06. The Labute approximate surface area is 58.2 Å². The van der Waals surface area contributed by atoms with Crippen LogP contribution in [0, 0.1) is 0 Å². The van der Waals surface area contributed by atoms with Crippen molar-refractivity contribution in [3.8, 4) is 0 Å². The van der Waals surface area contributed by atoms with Crippen LogP contribution in [-0.4, -0.2) is 29.4 Å². The molecule has 0 bridgehead atoms. The number of hydrogen-bond donors (Lipinski definition) is 2. The SMILES string of the molecule is O=C(O)C(=O)C1CCCN1. The van der Waals surface area contributed by atoms with E-state index in [0.717, 1.165) is 13.0 Å². The standard InChI is InChI=1S/C6H9NO3/c8-5(6(9)10)4-2-1-3-7-4/h4,7H,1-3H2,(H,9,10). The lowest BCUT2D eigenvalue weighted by Crippen LogP contribution is -2.35. The summed E-state index contributed by atoms with van der Waals surface area (Å²) in [5, 5.41) is 11.1. The highest BCUT2D eigenvalue weighted by Crippen LogP contribution is 2.05.